The second kappa shape index (κ2) is 24.8. The molecule has 0 spiro atoms. The van der Waals surface area contributed by atoms with E-state index in [4.69, 9.17) is 30.6 Å². The number of hydrogen-bond acceptors (Lipinski definition) is 6. The van der Waals surface area contributed by atoms with Gasteiger partial charge in [0.2, 0.25) is 0 Å². The maximum Gasteiger partial charge on any atom is 0.0533 e. The van der Waals surface area contributed by atoms with Crippen molar-refractivity contribution in [2.24, 2.45) is 0 Å². The molecule has 0 bridgehead atoms. The van der Waals surface area contributed by atoms with Crippen molar-refractivity contribution in [2.75, 3.05) is 33.0 Å². The molecule has 0 fully saturated rings. The van der Waals surface area contributed by atoms with Crippen LogP contribution in [0.15, 0.2) is 0 Å². The Bertz CT molecular complexity index is 94.0. The molecule has 17 heavy (non-hydrogen) atoms. The van der Waals surface area contributed by atoms with Crippen molar-refractivity contribution >= 4 is 0 Å². The first-order valence-electron chi connectivity index (χ1n) is 5.82. The summed E-state index contributed by atoms with van der Waals surface area (Å²) in [4.78, 5) is 0. The van der Waals surface area contributed by atoms with E-state index in [9.17, 15) is 0 Å². The van der Waals surface area contributed by atoms with Crippen LogP contribution in [-0.4, -0.2) is 69.8 Å². The van der Waals surface area contributed by atoms with Crippen LogP contribution in [0.3, 0.4) is 0 Å². The Labute approximate surface area is 103 Å². The minimum atomic E-state index is -0.352. The Morgan fingerprint density at radius 2 is 1.00 bits per heavy atom. The summed E-state index contributed by atoms with van der Waals surface area (Å²) in [5, 5.41) is 48.5. The van der Waals surface area contributed by atoms with Gasteiger partial charge in [-0.2, -0.15) is 0 Å². The molecule has 108 valence electrons. The van der Waals surface area contributed by atoms with Gasteiger partial charge < -0.3 is 30.6 Å². The molecular formula is C11H28O6. The average molecular weight is 256 g/mol. The van der Waals surface area contributed by atoms with Gasteiger partial charge in [-0.1, -0.05) is 0 Å². The molecule has 0 aliphatic carbocycles. The zero-order valence-electron chi connectivity index (χ0n) is 10.6. The molecular weight excluding hydrogens is 228 g/mol. The zero-order valence-corrected chi connectivity index (χ0v) is 10.6. The normalized spacial score (nSPS) is 10.8. The molecule has 0 aromatic carbocycles. The summed E-state index contributed by atoms with van der Waals surface area (Å²) < 4.78 is 0. The van der Waals surface area contributed by atoms with Crippen LogP contribution in [-0.2, 0) is 0 Å². The SMILES string of the molecule is CC(O)CCO.OCCCCO.OCCCO. The lowest BCUT2D eigenvalue weighted by molar-refractivity contribution is 0.148. The van der Waals surface area contributed by atoms with Crippen molar-refractivity contribution in [1.82, 2.24) is 0 Å². The summed E-state index contributed by atoms with van der Waals surface area (Å²) in [6.45, 7) is 2.31. The second-order valence-electron chi connectivity index (χ2n) is 3.32. The lowest BCUT2D eigenvalue weighted by Crippen LogP contribution is -2.00. The van der Waals surface area contributed by atoms with Gasteiger partial charge in [0, 0.05) is 33.0 Å². The standard InChI is InChI=1S/2C4H10O2.C3H8O2/c1-4(6)2-3-5;5-3-1-2-4-6;4-2-1-3-5/h4-6H,2-3H2,1H3;5-6H,1-4H2;4-5H,1-3H2. The van der Waals surface area contributed by atoms with E-state index in [2.05, 4.69) is 0 Å². The Hall–Kier alpha value is -0.240. The Kier molecular flexibility index (Phi) is 32.1. The molecule has 0 amide bonds. The number of hydrogen-bond donors (Lipinski definition) is 6. The van der Waals surface area contributed by atoms with Crippen LogP contribution in [0.4, 0.5) is 0 Å². The van der Waals surface area contributed by atoms with Crippen LogP contribution in [0.2, 0.25) is 0 Å². The van der Waals surface area contributed by atoms with Gasteiger partial charge in [-0.3, -0.25) is 0 Å². The second-order valence-corrected chi connectivity index (χ2v) is 3.32. The first kappa shape index (κ1) is 22.0. The Morgan fingerprint density at radius 3 is 1.06 bits per heavy atom. The zero-order chi connectivity index (χ0) is 13.9. The van der Waals surface area contributed by atoms with Gasteiger partial charge in [0.1, 0.15) is 0 Å². The van der Waals surface area contributed by atoms with E-state index in [0.29, 0.717) is 12.8 Å². The fourth-order valence-corrected chi connectivity index (χ4v) is 0.481. The van der Waals surface area contributed by atoms with Gasteiger partial charge in [-0.25, -0.2) is 0 Å². The molecule has 0 saturated carbocycles. The van der Waals surface area contributed by atoms with E-state index in [1.807, 2.05) is 0 Å². The third-order valence-electron chi connectivity index (χ3n) is 1.43. The highest BCUT2D eigenvalue weighted by Crippen LogP contribution is 1.83. The number of aliphatic hydroxyl groups is 6. The molecule has 1 atom stereocenters. The maximum atomic E-state index is 8.39. The van der Waals surface area contributed by atoms with E-state index < -0.39 is 0 Å². The molecule has 0 aliphatic rings. The molecule has 0 aliphatic heterocycles. The number of rotatable bonds is 7. The highest BCUT2D eigenvalue weighted by molar-refractivity contribution is 4.40. The summed E-state index contributed by atoms with van der Waals surface area (Å²) >= 11 is 0. The van der Waals surface area contributed by atoms with Crippen LogP contribution in [0.5, 0.6) is 0 Å². The van der Waals surface area contributed by atoms with Crippen molar-refractivity contribution in [3.63, 3.8) is 0 Å². The molecule has 6 heteroatoms. The Balaban J connectivity index is -0.000000174. The first-order valence-corrected chi connectivity index (χ1v) is 5.82. The van der Waals surface area contributed by atoms with Crippen LogP contribution >= 0.6 is 0 Å². The van der Waals surface area contributed by atoms with Gasteiger partial charge in [0.15, 0.2) is 0 Å². The molecule has 1 unspecified atom stereocenters. The quantitative estimate of drug-likeness (QED) is 0.320. The van der Waals surface area contributed by atoms with Crippen molar-refractivity contribution in [3.05, 3.63) is 0 Å². The molecule has 0 saturated heterocycles. The van der Waals surface area contributed by atoms with Gasteiger partial charge in [-0.15, -0.1) is 0 Å². The smallest absolute Gasteiger partial charge is 0.0533 e. The van der Waals surface area contributed by atoms with Crippen molar-refractivity contribution in [3.8, 4) is 0 Å². The number of unbranched alkanes of at least 4 members (excludes halogenated alkanes) is 1. The minimum Gasteiger partial charge on any atom is -0.396 e. The topological polar surface area (TPSA) is 121 Å². The lowest BCUT2D eigenvalue weighted by atomic mass is 10.3. The summed E-state index contributed by atoms with van der Waals surface area (Å²) in [6, 6.07) is 0. The summed E-state index contributed by atoms with van der Waals surface area (Å²) in [5.41, 5.74) is 0. The summed E-state index contributed by atoms with van der Waals surface area (Å²) in [5.74, 6) is 0. The molecule has 0 aromatic rings. The minimum absolute atomic E-state index is 0.0810. The van der Waals surface area contributed by atoms with Crippen LogP contribution in [0, 0.1) is 0 Å². The molecule has 6 nitrogen and oxygen atoms in total. The largest absolute Gasteiger partial charge is 0.396 e. The molecule has 0 radical (unpaired) electrons. The van der Waals surface area contributed by atoms with E-state index in [-0.39, 0.29) is 39.1 Å². The fourth-order valence-electron chi connectivity index (χ4n) is 0.481. The average Bonchev–Trinajstić information content (AvgIpc) is 2.29. The van der Waals surface area contributed by atoms with Gasteiger partial charge in [0.05, 0.1) is 6.10 Å². The van der Waals surface area contributed by atoms with Crippen LogP contribution < -0.4 is 0 Å². The highest BCUT2D eigenvalue weighted by atomic mass is 16.3. The van der Waals surface area contributed by atoms with Crippen molar-refractivity contribution in [2.45, 2.75) is 38.7 Å². The molecule has 0 rings (SSSR count). The predicted molar refractivity (Wildman–Crippen MR) is 65.6 cm³/mol. The Morgan fingerprint density at radius 1 is 0.647 bits per heavy atom. The highest BCUT2D eigenvalue weighted by Gasteiger charge is 1.88. The summed E-state index contributed by atoms with van der Waals surface area (Å²) in [6.07, 6.45) is 2.07. The molecule has 0 aromatic heterocycles. The number of aliphatic hydroxyl groups excluding tert-OH is 6. The van der Waals surface area contributed by atoms with E-state index in [0.717, 1.165) is 12.8 Å². The van der Waals surface area contributed by atoms with Gasteiger partial charge in [-0.05, 0) is 32.6 Å². The first-order chi connectivity index (χ1) is 8.10. The third-order valence-corrected chi connectivity index (χ3v) is 1.43. The van der Waals surface area contributed by atoms with E-state index in [1.54, 1.807) is 6.92 Å². The molecule has 0 heterocycles. The van der Waals surface area contributed by atoms with Crippen molar-refractivity contribution in [1.29, 1.82) is 0 Å². The fraction of sp³-hybridized carbons (Fsp3) is 1.00. The van der Waals surface area contributed by atoms with Gasteiger partial charge >= 0.3 is 0 Å². The van der Waals surface area contributed by atoms with Crippen molar-refractivity contribution < 1.29 is 30.6 Å². The van der Waals surface area contributed by atoms with Crippen LogP contribution in [0.1, 0.15) is 32.6 Å². The maximum absolute atomic E-state index is 8.39. The molecule has 6 N–H and O–H groups in total. The van der Waals surface area contributed by atoms with E-state index >= 15 is 0 Å². The predicted octanol–water partition coefficient (Wildman–Crippen LogP) is -1.14. The monoisotopic (exact) mass is 256 g/mol. The van der Waals surface area contributed by atoms with Gasteiger partial charge in [0.25, 0.3) is 0 Å². The van der Waals surface area contributed by atoms with Crippen LogP contribution in [0.25, 0.3) is 0 Å². The van der Waals surface area contributed by atoms with E-state index in [1.165, 1.54) is 0 Å². The summed E-state index contributed by atoms with van der Waals surface area (Å²) in [7, 11) is 0. The third kappa shape index (κ3) is 49.6. The lowest BCUT2D eigenvalue weighted by Gasteiger charge is -1.95.